The van der Waals surface area contributed by atoms with E-state index in [-0.39, 0.29) is 18.7 Å². The van der Waals surface area contributed by atoms with Crippen molar-refractivity contribution in [2.75, 3.05) is 14.2 Å². The average molecular weight is 343 g/mol. The Morgan fingerprint density at radius 2 is 1.75 bits per heavy atom. The predicted octanol–water partition coefficient (Wildman–Crippen LogP) is -2.17. The molecule has 0 spiro atoms. The van der Waals surface area contributed by atoms with E-state index in [0.29, 0.717) is 0 Å². The Bertz CT molecular complexity index is 532. The Labute approximate surface area is 138 Å². The minimum Gasteiger partial charge on any atom is -0.468 e. The lowest BCUT2D eigenvalue weighted by molar-refractivity contribution is -0.162. The van der Waals surface area contributed by atoms with Crippen LogP contribution in [0.5, 0.6) is 0 Å². The van der Waals surface area contributed by atoms with E-state index in [0.717, 1.165) is 14.2 Å². The number of amides is 3. The predicted molar refractivity (Wildman–Crippen MR) is 79.0 cm³/mol. The van der Waals surface area contributed by atoms with E-state index in [1.807, 2.05) is 0 Å². The lowest BCUT2D eigenvalue weighted by Crippen LogP contribution is -2.56. The van der Waals surface area contributed by atoms with Crippen molar-refractivity contribution in [1.29, 1.82) is 0 Å². The highest BCUT2D eigenvalue weighted by molar-refractivity contribution is 5.97. The van der Waals surface area contributed by atoms with Gasteiger partial charge in [-0.1, -0.05) is 6.92 Å². The molecule has 1 saturated heterocycles. The van der Waals surface area contributed by atoms with Gasteiger partial charge < -0.3 is 25.8 Å². The van der Waals surface area contributed by atoms with Gasteiger partial charge in [-0.2, -0.15) is 0 Å². The summed E-state index contributed by atoms with van der Waals surface area (Å²) in [6.45, 7) is 1.39. The number of ether oxygens (including phenoxy) is 2. The van der Waals surface area contributed by atoms with Gasteiger partial charge in [-0.3, -0.25) is 24.0 Å². The lowest BCUT2D eigenvalue weighted by atomic mass is 9.86. The van der Waals surface area contributed by atoms with Crippen molar-refractivity contribution in [3.63, 3.8) is 0 Å². The fourth-order valence-electron chi connectivity index (χ4n) is 2.50. The van der Waals surface area contributed by atoms with Gasteiger partial charge in [0.05, 0.1) is 14.2 Å². The number of carbonyl (C=O) groups excluding carboxylic acids is 5. The maximum Gasteiger partial charge on any atom is 0.320 e. The van der Waals surface area contributed by atoms with Crippen LogP contribution in [0.3, 0.4) is 0 Å². The zero-order chi connectivity index (χ0) is 18.4. The van der Waals surface area contributed by atoms with Crippen LogP contribution in [-0.4, -0.2) is 56.0 Å². The Balaban J connectivity index is 2.94. The van der Waals surface area contributed by atoms with Crippen molar-refractivity contribution in [2.24, 2.45) is 17.6 Å². The van der Waals surface area contributed by atoms with Gasteiger partial charge in [0, 0.05) is 12.3 Å². The molecule has 0 bridgehead atoms. The van der Waals surface area contributed by atoms with Crippen molar-refractivity contribution >= 4 is 29.7 Å². The van der Waals surface area contributed by atoms with E-state index in [9.17, 15) is 24.0 Å². The molecule has 0 aromatic carbocycles. The molecule has 1 fully saturated rings. The third kappa shape index (κ3) is 4.43. The average Bonchev–Trinajstić information content (AvgIpc) is 2.98. The van der Waals surface area contributed by atoms with Crippen molar-refractivity contribution in [2.45, 2.75) is 31.8 Å². The fourth-order valence-corrected chi connectivity index (χ4v) is 2.50. The van der Waals surface area contributed by atoms with Gasteiger partial charge in [-0.15, -0.1) is 0 Å². The van der Waals surface area contributed by atoms with E-state index in [1.165, 1.54) is 6.92 Å². The van der Waals surface area contributed by atoms with Crippen LogP contribution in [0, 0.1) is 11.8 Å². The zero-order valence-electron chi connectivity index (χ0n) is 13.7. The summed E-state index contributed by atoms with van der Waals surface area (Å²) in [7, 11) is 2.16. The summed E-state index contributed by atoms with van der Waals surface area (Å²) >= 11 is 0. The minimum atomic E-state index is -1.43. The highest BCUT2D eigenvalue weighted by Gasteiger charge is 2.42. The number of rotatable bonds is 7. The molecule has 10 nitrogen and oxygen atoms in total. The number of primary amides is 1. The van der Waals surface area contributed by atoms with Crippen molar-refractivity contribution in [1.82, 2.24) is 10.6 Å². The van der Waals surface area contributed by atoms with Gasteiger partial charge in [0.15, 0.2) is 5.92 Å². The molecule has 24 heavy (non-hydrogen) atoms. The molecule has 0 saturated carbocycles. The number of esters is 2. The van der Waals surface area contributed by atoms with E-state index in [1.54, 1.807) is 0 Å². The third-order valence-corrected chi connectivity index (χ3v) is 3.88. The van der Waals surface area contributed by atoms with Crippen LogP contribution >= 0.6 is 0 Å². The summed E-state index contributed by atoms with van der Waals surface area (Å²) < 4.78 is 9.09. The van der Waals surface area contributed by atoms with Crippen LogP contribution in [-0.2, 0) is 33.4 Å². The van der Waals surface area contributed by atoms with E-state index in [4.69, 9.17) is 5.73 Å². The van der Waals surface area contributed by atoms with Crippen molar-refractivity contribution in [3.8, 4) is 0 Å². The number of methoxy groups -OCH3 is 2. The molecule has 4 N–H and O–H groups in total. The molecule has 134 valence electrons. The van der Waals surface area contributed by atoms with E-state index < -0.39 is 47.7 Å². The fraction of sp³-hybridized carbons (Fsp3) is 0.643. The molecule has 3 atom stereocenters. The van der Waals surface area contributed by atoms with Crippen LogP contribution < -0.4 is 16.4 Å². The maximum atomic E-state index is 12.1. The number of carbonyl (C=O) groups is 5. The van der Waals surface area contributed by atoms with E-state index >= 15 is 0 Å². The van der Waals surface area contributed by atoms with Crippen LogP contribution in [0.4, 0.5) is 0 Å². The first-order valence-corrected chi connectivity index (χ1v) is 7.27. The molecule has 1 aliphatic heterocycles. The molecule has 1 heterocycles. The molecule has 10 heteroatoms. The number of nitrogens with two attached hydrogens (primary N) is 1. The molecular formula is C14H21N3O7. The first kappa shape index (κ1) is 19.4. The van der Waals surface area contributed by atoms with Crippen LogP contribution in [0.1, 0.15) is 19.8 Å². The summed E-state index contributed by atoms with van der Waals surface area (Å²) in [6.07, 6.45) is 0.476. The molecule has 0 aromatic heterocycles. The third-order valence-electron chi connectivity index (χ3n) is 3.88. The Hall–Kier alpha value is -2.65. The zero-order valence-corrected chi connectivity index (χ0v) is 13.7. The first-order valence-electron chi connectivity index (χ1n) is 7.27. The second-order valence-electron chi connectivity index (χ2n) is 5.43. The van der Waals surface area contributed by atoms with Gasteiger partial charge >= 0.3 is 11.9 Å². The Morgan fingerprint density at radius 3 is 2.12 bits per heavy atom. The summed E-state index contributed by atoms with van der Waals surface area (Å²) in [5.41, 5.74) is 5.29. The number of hydrogen-bond donors (Lipinski definition) is 3. The Kier molecular flexibility index (Phi) is 6.69. The van der Waals surface area contributed by atoms with Gasteiger partial charge in [0.25, 0.3) is 0 Å². The second kappa shape index (κ2) is 8.27. The largest absolute Gasteiger partial charge is 0.468 e. The Morgan fingerprint density at radius 1 is 1.21 bits per heavy atom. The molecule has 0 radical (unpaired) electrons. The molecule has 0 aromatic rings. The van der Waals surface area contributed by atoms with Crippen LogP contribution in [0.2, 0.25) is 0 Å². The lowest BCUT2D eigenvalue weighted by Gasteiger charge is -2.27. The SMILES string of the molecule is COC(=O)C(C(=O)OC)[C@@H](C)[C@@H](NC(=O)[C@@H]1CCC(=O)N1)C(N)=O. The first-order chi connectivity index (χ1) is 11.2. The highest BCUT2D eigenvalue weighted by Crippen LogP contribution is 2.20. The maximum absolute atomic E-state index is 12.1. The summed E-state index contributed by atoms with van der Waals surface area (Å²) in [5, 5.41) is 4.82. The quantitative estimate of drug-likeness (QED) is 0.351. The number of nitrogens with one attached hydrogen (secondary N) is 2. The molecule has 1 rings (SSSR count). The standard InChI is InChI=1S/C14H21N3O7/c1-6(9(13(21)23-2)14(22)24-3)10(11(15)19)17-12(20)7-4-5-8(18)16-7/h6-7,9-10H,4-5H2,1-3H3,(H2,15,19)(H,16,18)(H,17,20)/t6-,7+,10-/m1/s1. The van der Waals surface area contributed by atoms with Gasteiger partial charge in [-0.05, 0) is 6.42 Å². The molecule has 0 unspecified atom stereocenters. The van der Waals surface area contributed by atoms with Crippen molar-refractivity contribution in [3.05, 3.63) is 0 Å². The van der Waals surface area contributed by atoms with Gasteiger partial charge in [0.2, 0.25) is 17.7 Å². The smallest absolute Gasteiger partial charge is 0.320 e. The second-order valence-corrected chi connectivity index (χ2v) is 5.43. The molecule has 0 aliphatic carbocycles. The molecular weight excluding hydrogens is 322 g/mol. The normalized spacial score (nSPS) is 19.2. The minimum absolute atomic E-state index is 0.196. The van der Waals surface area contributed by atoms with E-state index in [2.05, 4.69) is 20.1 Å². The van der Waals surface area contributed by atoms with Crippen molar-refractivity contribution < 1.29 is 33.4 Å². The van der Waals surface area contributed by atoms with Crippen LogP contribution in [0.25, 0.3) is 0 Å². The summed E-state index contributed by atoms with van der Waals surface area (Å²) in [5.74, 6) is -6.10. The summed E-state index contributed by atoms with van der Waals surface area (Å²) in [4.78, 5) is 58.7. The van der Waals surface area contributed by atoms with Crippen LogP contribution in [0.15, 0.2) is 0 Å². The van der Waals surface area contributed by atoms with Gasteiger partial charge in [-0.25, -0.2) is 0 Å². The monoisotopic (exact) mass is 343 g/mol. The molecule has 1 aliphatic rings. The number of hydrogen-bond acceptors (Lipinski definition) is 7. The summed E-state index contributed by atoms with van der Waals surface area (Å²) in [6, 6.07) is -2.11. The topological polar surface area (TPSA) is 154 Å². The van der Waals surface area contributed by atoms with Gasteiger partial charge in [0.1, 0.15) is 12.1 Å². The highest BCUT2D eigenvalue weighted by atomic mass is 16.5. The molecule has 3 amide bonds.